The van der Waals surface area contributed by atoms with Gasteiger partial charge in [0.15, 0.2) is 0 Å². The lowest BCUT2D eigenvalue weighted by Crippen LogP contribution is -2.35. The molecule has 1 saturated carbocycles. The largest absolute Gasteiger partial charge is 0.378 e. The minimum Gasteiger partial charge on any atom is -0.378 e. The van der Waals surface area contributed by atoms with Crippen LogP contribution in [0.2, 0.25) is 0 Å². The third-order valence-corrected chi connectivity index (χ3v) is 9.74. The number of para-hydroxylation sites is 1. The van der Waals surface area contributed by atoms with Gasteiger partial charge >= 0.3 is 0 Å². The van der Waals surface area contributed by atoms with Crippen LogP contribution in [0.3, 0.4) is 0 Å². The number of hydrogen-bond acceptors (Lipinski definition) is 5. The van der Waals surface area contributed by atoms with Gasteiger partial charge in [-0.15, -0.1) is 0 Å². The van der Waals surface area contributed by atoms with E-state index in [1.54, 1.807) is 31.3 Å². The van der Waals surface area contributed by atoms with E-state index in [0.717, 1.165) is 12.1 Å². The predicted octanol–water partition coefficient (Wildman–Crippen LogP) is 7.68. The second-order valence-corrected chi connectivity index (χ2v) is 14.4. The third-order valence-electron chi connectivity index (χ3n) is 9.74. The molecule has 3 heterocycles. The number of carbonyl (C=O) groups excluding carboxylic acids is 1. The third kappa shape index (κ3) is 7.54. The summed E-state index contributed by atoms with van der Waals surface area (Å²) in [5.74, 6) is -2.78. The molecule has 0 radical (unpaired) electrons. The number of hydrogen-bond donors (Lipinski definition) is 2. The Morgan fingerprint density at radius 2 is 1.76 bits per heavy atom. The van der Waals surface area contributed by atoms with Gasteiger partial charge in [-0.05, 0) is 74.8 Å². The van der Waals surface area contributed by atoms with E-state index < -0.39 is 84.1 Å². The molecule has 2 aliphatic carbocycles. The highest BCUT2D eigenvalue weighted by Crippen LogP contribution is 2.68. The van der Waals surface area contributed by atoms with Crippen molar-refractivity contribution in [2.24, 2.45) is 13.0 Å². The lowest BCUT2D eigenvalue weighted by Gasteiger charge is -2.23. The van der Waals surface area contributed by atoms with E-state index in [4.69, 9.17) is 4.98 Å². The molecule has 1 fully saturated rings. The highest BCUT2D eigenvalue weighted by atomic mass is 19.3. The summed E-state index contributed by atoms with van der Waals surface area (Å²) in [7, 11) is 1.62. The van der Waals surface area contributed by atoms with Gasteiger partial charge in [-0.25, -0.2) is 31.3 Å². The van der Waals surface area contributed by atoms with Crippen LogP contribution in [0.1, 0.15) is 84.7 Å². The van der Waals surface area contributed by atoms with Gasteiger partial charge in [0.05, 0.1) is 22.9 Å². The maximum atomic E-state index is 15.3. The summed E-state index contributed by atoms with van der Waals surface area (Å²) in [6.45, 7) is 2.00. The summed E-state index contributed by atoms with van der Waals surface area (Å²) in [4.78, 5) is 18.6. The lowest BCUT2D eigenvalue weighted by atomic mass is 9.93. The zero-order valence-corrected chi connectivity index (χ0v) is 29.7. The lowest BCUT2D eigenvalue weighted by molar-refractivity contribution is -0.123. The van der Waals surface area contributed by atoms with Crippen LogP contribution in [-0.2, 0) is 37.2 Å². The van der Waals surface area contributed by atoms with Crippen LogP contribution in [0.15, 0.2) is 48.5 Å². The average Bonchev–Trinajstić information content (AvgIpc) is 3.64. The van der Waals surface area contributed by atoms with Crippen molar-refractivity contribution in [3.8, 4) is 23.0 Å². The highest BCUT2D eigenvalue weighted by Gasteiger charge is 2.67. The minimum absolute atomic E-state index is 0.0240. The molecule has 2 N–H and O–H groups in total. The van der Waals surface area contributed by atoms with E-state index in [1.165, 1.54) is 24.6 Å². The number of pyridine rings is 1. The summed E-state index contributed by atoms with van der Waals surface area (Å²) >= 11 is 0. The van der Waals surface area contributed by atoms with Gasteiger partial charge in [0, 0.05) is 47.5 Å². The molecular formula is C39H34F8N6O2. The number of aliphatic hydroxyl groups is 1. The molecule has 3 aromatic heterocycles. The molecule has 288 valence electrons. The Morgan fingerprint density at radius 1 is 1.04 bits per heavy atom. The summed E-state index contributed by atoms with van der Waals surface area (Å²) in [5.41, 5.74) is -1.19. The molecule has 0 unspecified atom stereocenters. The fourth-order valence-corrected chi connectivity index (χ4v) is 7.45. The van der Waals surface area contributed by atoms with Crippen molar-refractivity contribution in [1.82, 2.24) is 29.9 Å². The van der Waals surface area contributed by atoms with E-state index >= 15 is 8.78 Å². The van der Waals surface area contributed by atoms with Crippen molar-refractivity contribution in [3.63, 3.8) is 0 Å². The van der Waals surface area contributed by atoms with E-state index in [-0.39, 0.29) is 41.8 Å². The van der Waals surface area contributed by atoms with Crippen molar-refractivity contribution in [2.45, 2.75) is 82.4 Å². The second kappa shape index (κ2) is 14.1. The molecule has 7 rings (SSSR count). The zero-order chi connectivity index (χ0) is 39.6. The van der Waals surface area contributed by atoms with Crippen molar-refractivity contribution in [2.75, 3.05) is 0 Å². The molecule has 3 atom stereocenters. The average molecular weight is 771 g/mol. The van der Waals surface area contributed by atoms with Gasteiger partial charge in [0.25, 0.3) is 12.3 Å². The number of rotatable bonds is 11. The Hall–Kier alpha value is -5.30. The molecule has 0 spiro atoms. The van der Waals surface area contributed by atoms with Crippen LogP contribution in [-0.4, -0.2) is 47.6 Å². The number of halogens is 8. The van der Waals surface area contributed by atoms with Crippen molar-refractivity contribution < 1.29 is 45.0 Å². The number of benzene rings is 2. The van der Waals surface area contributed by atoms with E-state index in [9.17, 15) is 36.2 Å². The van der Waals surface area contributed by atoms with Gasteiger partial charge in [0.1, 0.15) is 40.9 Å². The first-order valence-electron chi connectivity index (χ1n) is 17.4. The van der Waals surface area contributed by atoms with Gasteiger partial charge in [0.2, 0.25) is 12.3 Å². The Morgan fingerprint density at radius 3 is 2.44 bits per heavy atom. The first kappa shape index (κ1) is 38.0. The van der Waals surface area contributed by atoms with E-state index in [2.05, 4.69) is 27.4 Å². The fourth-order valence-electron chi connectivity index (χ4n) is 7.45. The van der Waals surface area contributed by atoms with Crippen LogP contribution in [0.4, 0.5) is 35.1 Å². The summed E-state index contributed by atoms with van der Waals surface area (Å²) in [5, 5.41) is 21.8. The number of alkyl halides is 6. The topological polar surface area (TPSA) is 97.9 Å². The SMILES string of the molecule is Cn1nc(CCC(F)F)c2cccc(-c3ccc(C#CC(C)(C)O)nc3[C@H](Cc3cc(F)cc(F)c3)NC(=O)Cn3nc(C(F)F)c4c3C(F)(F)[C@@H]3C[C@H]43)c21. The molecule has 5 aromatic rings. The molecule has 2 aliphatic rings. The Balaban J connectivity index is 1.35. The highest BCUT2D eigenvalue weighted by molar-refractivity contribution is 5.96. The molecule has 2 aromatic carbocycles. The van der Waals surface area contributed by atoms with Crippen LogP contribution in [0, 0.1) is 29.4 Å². The number of aryl methyl sites for hydroxylation is 2. The fraction of sp³-hybridized carbons (Fsp3) is 0.385. The number of fused-ring (bicyclic) bond motifs is 4. The van der Waals surface area contributed by atoms with Crippen LogP contribution in [0.5, 0.6) is 0 Å². The Labute approximate surface area is 309 Å². The molecule has 55 heavy (non-hydrogen) atoms. The minimum atomic E-state index is -3.49. The molecule has 16 heteroatoms. The monoisotopic (exact) mass is 770 g/mol. The maximum absolute atomic E-state index is 15.3. The number of nitrogens with zero attached hydrogens (tertiary/aromatic N) is 5. The summed E-state index contributed by atoms with van der Waals surface area (Å²) < 4.78 is 116. The van der Waals surface area contributed by atoms with Crippen LogP contribution >= 0.6 is 0 Å². The molecular weight excluding hydrogens is 736 g/mol. The molecule has 8 nitrogen and oxygen atoms in total. The number of aromatic nitrogens is 5. The van der Waals surface area contributed by atoms with Crippen LogP contribution in [0.25, 0.3) is 22.0 Å². The van der Waals surface area contributed by atoms with E-state index in [0.29, 0.717) is 38.5 Å². The Bertz CT molecular complexity index is 2350. The van der Waals surface area contributed by atoms with Gasteiger partial charge in [-0.1, -0.05) is 24.1 Å². The van der Waals surface area contributed by atoms with E-state index in [1.807, 2.05) is 0 Å². The summed E-state index contributed by atoms with van der Waals surface area (Å²) in [6.07, 6.45) is -6.45. The molecule has 0 saturated heterocycles. The first-order chi connectivity index (χ1) is 25.9. The van der Waals surface area contributed by atoms with Crippen molar-refractivity contribution >= 4 is 16.8 Å². The van der Waals surface area contributed by atoms with Gasteiger partial charge in [-0.2, -0.15) is 19.0 Å². The van der Waals surface area contributed by atoms with Gasteiger partial charge in [-0.3, -0.25) is 14.2 Å². The molecule has 0 aliphatic heterocycles. The van der Waals surface area contributed by atoms with Gasteiger partial charge < -0.3 is 10.4 Å². The first-order valence-corrected chi connectivity index (χ1v) is 17.4. The van der Waals surface area contributed by atoms with Crippen molar-refractivity contribution in [3.05, 3.63) is 99.8 Å². The quantitative estimate of drug-likeness (QED) is 0.106. The standard InChI is InChI=1S/C39H34F8N6O2/c1-38(2,55)12-11-22-7-8-23(24-5-4-6-25-28(9-10-30(42)43)50-52(3)35(24)25)33(48-22)29(15-19-13-20(40)16-21(41)14-19)49-31(54)18-53-36-32(34(51-53)37(44)45)26-17-27(26)39(36,46)47/h4-8,13-14,16,26-27,29-30,37,55H,9-10,15,17-18H2,1-3H3,(H,49,54)/t26-,27+,29-/m0/s1. The number of amides is 1. The molecule has 0 bridgehead atoms. The van der Waals surface area contributed by atoms with Crippen molar-refractivity contribution in [1.29, 1.82) is 0 Å². The second-order valence-electron chi connectivity index (χ2n) is 14.4. The zero-order valence-electron chi connectivity index (χ0n) is 29.7. The number of nitrogens with one attached hydrogen (secondary N) is 1. The summed E-state index contributed by atoms with van der Waals surface area (Å²) in [6, 6.07) is 9.73. The Kier molecular flexibility index (Phi) is 9.73. The molecule has 1 amide bonds. The maximum Gasteiger partial charge on any atom is 0.293 e. The normalized spacial score (nSPS) is 17.6. The number of carbonyl (C=O) groups is 1. The van der Waals surface area contributed by atoms with Crippen LogP contribution < -0.4 is 5.32 Å². The smallest absolute Gasteiger partial charge is 0.293 e. The predicted molar refractivity (Wildman–Crippen MR) is 184 cm³/mol.